The Balaban J connectivity index is 1.97. The molecule has 0 aliphatic heterocycles. The molecule has 94 valence electrons. The number of ether oxygens (including phenoxy) is 1. The van der Waals surface area contributed by atoms with Crippen molar-refractivity contribution >= 4 is 16.8 Å². The molecular weight excluding hydrogens is 230 g/mol. The molecule has 0 unspecified atom stereocenters. The third-order valence-corrected chi connectivity index (χ3v) is 2.41. The standard InChI is InChI=1S/C13H15N3O2/c14-5-7-16-13(17)9-18-11-4-3-10-2-1-6-15-12(10)8-11/h1-4,6,8H,5,7,9,14H2,(H,16,17). The van der Waals surface area contributed by atoms with Crippen molar-refractivity contribution in [1.29, 1.82) is 0 Å². The zero-order chi connectivity index (χ0) is 12.8. The highest BCUT2D eigenvalue weighted by atomic mass is 16.5. The molecule has 1 heterocycles. The lowest BCUT2D eigenvalue weighted by Gasteiger charge is -2.07. The van der Waals surface area contributed by atoms with Crippen LogP contribution < -0.4 is 15.8 Å². The average molecular weight is 245 g/mol. The number of nitrogens with zero attached hydrogens (tertiary/aromatic N) is 1. The van der Waals surface area contributed by atoms with E-state index in [0.717, 1.165) is 10.9 Å². The molecule has 5 nitrogen and oxygen atoms in total. The van der Waals surface area contributed by atoms with Crippen molar-refractivity contribution in [2.75, 3.05) is 19.7 Å². The van der Waals surface area contributed by atoms with Crippen LogP contribution >= 0.6 is 0 Å². The molecule has 0 saturated carbocycles. The zero-order valence-electron chi connectivity index (χ0n) is 9.93. The smallest absolute Gasteiger partial charge is 0.257 e. The first-order valence-corrected chi connectivity index (χ1v) is 5.74. The van der Waals surface area contributed by atoms with Crippen LogP contribution in [0.25, 0.3) is 10.9 Å². The Labute approximate surface area is 105 Å². The van der Waals surface area contributed by atoms with Crippen LogP contribution in [-0.2, 0) is 4.79 Å². The molecule has 0 spiro atoms. The summed E-state index contributed by atoms with van der Waals surface area (Å²) < 4.78 is 5.38. The van der Waals surface area contributed by atoms with Gasteiger partial charge in [-0.25, -0.2) is 0 Å². The van der Waals surface area contributed by atoms with E-state index in [1.165, 1.54) is 0 Å². The summed E-state index contributed by atoms with van der Waals surface area (Å²) in [5.41, 5.74) is 6.13. The number of amides is 1. The lowest BCUT2D eigenvalue weighted by molar-refractivity contribution is -0.123. The molecule has 0 atom stereocenters. The highest BCUT2D eigenvalue weighted by Gasteiger charge is 2.02. The number of pyridine rings is 1. The number of hydrogen-bond donors (Lipinski definition) is 2. The Bertz CT molecular complexity index is 543. The van der Waals surface area contributed by atoms with Crippen LogP contribution in [0.4, 0.5) is 0 Å². The number of benzene rings is 1. The molecule has 1 aromatic heterocycles. The highest BCUT2D eigenvalue weighted by molar-refractivity contribution is 5.80. The molecule has 3 N–H and O–H groups in total. The SMILES string of the molecule is NCCNC(=O)COc1ccc2cccnc2c1. The monoisotopic (exact) mass is 245 g/mol. The van der Waals surface area contributed by atoms with Gasteiger partial charge in [0.2, 0.25) is 0 Å². The molecule has 0 aliphatic rings. The summed E-state index contributed by atoms with van der Waals surface area (Å²) in [6, 6.07) is 9.39. The van der Waals surface area contributed by atoms with Crippen molar-refractivity contribution in [3.05, 3.63) is 36.5 Å². The summed E-state index contributed by atoms with van der Waals surface area (Å²) in [4.78, 5) is 15.6. The Morgan fingerprint density at radius 2 is 2.28 bits per heavy atom. The van der Waals surface area contributed by atoms with E-state index in [1.54, 1.807) is 6.20 Å². The molecule has 0 aliphatic carbocycles. The number of nitrogens with two attached hydrogens (primary N) is 1. The molecule has 5 heteroatoms. The van der Waals surface area contributed by atoms with Gasteiger partial charge in [0, 0.05) is 30.7 Å². The van der Waals surface area contributed by atoms with E-state index in [0.29, 0.717) is 18.8 Å². The van der Waals surface area contributed by atoms with E-state index >= 15 is 0 Å². The van der Waals surface area contributed by atoms with Gasteiger partial charge in [0.25, 0.3) is 5.91 Å². The van der Waals surface area contributed by atoms with Gasteiger partial charge in [0.15, 0.2) is 6.61 Å². The van der Waals surface area contributed by atoms with Crippen LogP contribution in [0.2, 0.25) is 0 Å². The number of carbonyl (C=O) groups is 1. The van der Waals surface area contributed by atoms with Gasteiger partial charge < -0.3 is 15.8 Å². The van der Waals surface area contributed by atoms with Crippen molar-refractivity contribution in [1.82, 2.24) is 10.3 Å². The Morgan fingerprint density at radius 1 is 1.39 bits per heavy atom. The minimum Gasteiger partial charge on any atom is -0.484 e. The Kier molecular flexibility index (Phi) is 4.09. The molecular formula is C13H15N3O2. The highest BCUT2D eigenvalue weighted by Crippen LogP contribution is 2.18. The summed E-state index contributed by atoms with van der Waals surface area (Å²) in [5.74, 6) is 0.450. The molecule has 18 heavy (non-hydrogen) atoms. The van der Waals surface area contributed by atoms with Gasteiger partial charge in [-0.1, -0.05) is 6.07 Å². The predicted octanol–water partition coefficient (Wildman–Crippen LogP) is 0.688. The summed E-state index contributed by atoms with van der Waals surface area (Å²) in [6.07, 6.45) is 1.72. The number of fused-ring (bicyclic) bond motifs is 1. The van der Waals surface area contributed by atoms with E-state index in [-0.39, 0.29) is 12.5 Å². The van der Waals surface area contributed by atoms with Crippen LogP contribution in [0, 0.1) is 0 Å². The van der Waals surface area contributed by atoms with Gasteiger partial charge in [-0.05, 0) is 18.2 Å². The van der Waals surface area contributed by atoms with Crippen LogP contribution in [0.1, 0.15) is 0 Å². The zero-order valence-corrected chi connectivity index (χ0v) is 9.93. The lowest BCUT2D eigenvalue weighted by Crippen LogP contribution is -2.32. The topological polar surface area (TPSA) is 77.2 Å². The maximum atomic E-state index is 11.3. The maximum absolute atomic E-state index is 11.3. The number of hydrogen-bond acceptors (Lipinski definition) is 4. The van der Waals surface area contributed by atoms with E-state index in [4.69, 9.17) is 10.5 Å². The van der Waals surface area contributed by atoms with Crippen LogP contribution in [0.5, 0.6) is 5.75 Å². The second kappa shape index (κ2) is 5.97. The maximum Gasteiger partial charge on any atom is 0.257 e. The molecule has 0 saturated heterocycles. The fourth-order valence-electron chi connectivity index (χ4n) is 1.55. The van der Waals surface area contributed by atoms with Crippen molar-refractivity contribution < 1.29 is 9.53 Å². The third kappa shape index (κ3) is 3.18. The van der Waals surface area contributed by atoms with Gasteiger partial charge in [-0.3, -0.25) is 9.78 Å². The first-order valence-electron chi connectivity index (χ1n) is 5.74. The normalized spacial score (nSPS) is 10.3. The molecule has 2 aromatic rings. The second-order valence-electron chi connectivity index (χ2n) is 3.79. The summed E-state index contributed by atoms with van der Waals surface area (Å²) in [7, 11) is 0. The average Bonchev–Trinajstić information content (AvgIpc) is 2.42. The van der Waals surface area contributed by atoms with Crippen molar-refractivity contribution in [2.45, 2.75) is 0 Å². The van der Waals surface area contributed by atoms with E-state index in [1.807, 2.05) is 30.3 Å². The summed E-state index contributed by atoms with van der Waals surface area (Å²) in [5, 5.41) is 3.67. The Hall–Kier alpha value is -2.14. The van der Waals surface area contributed by atoms with Gasteiger partial charge in [-0.2, -0.15) is 0 Å². The molecule has 1 amide bonds. The fraction of sp³-hybridized carbons (Fsp3) is 0.231. The molecule has 0 bridgehead atoms. The minimum absolute atomic E-state index is 0.0155. The predicted molar refractivity (Wildman–Crippen MR) is 69.3 cm³/mol. The van der Waals surface area contributed by atoms with Crippen molar-refractivity contribution in [3.63, 3.8) is 0 Å². The van der Waals surface area contributed by atoms with Crippen LogP contribution in [0.15, 0.2) is 36.5 Å². The fourth-order valence-corrected chi connectivity index (χ4v) is 1.55. The van der Waals surface area contributed by atoms with Crippen molar-refractivity contribution in [3.8, 4) is 5.75 Å². The summed E-state index contributed by atoms with van der Waals surface area (Å²) in [6.45, 7) is 0.867. The lowest BCUT2D eigenvalue weighted by atomic mass is 10.2. The van der Waals surface area contributed by atoms with Crippen LogP contribution in [-0.4, -0.2) is 30.6 Å². The number of aromatic nitrogens is 1. The largest absolute Gasteiger partial charge is 0.484 e. The van der Waals surface area contributed by atoms with Gasteiger partial charge in [-0.15, -0.1) is 0 Å². The van der Waals surface area contributed by atoms with Gasteiger partial charge in [0.1, 0.15) is 5.75 Å². The first kappa shape index (κ1) is 12.3. The number of rotatable bonds is 5. The molecule has 0 fully saturated rings. The minimum atomic E-state index is -0.179. The quantitative estimate of drug-likeness (QED) is 0.812. The number of carbonyl (C=O) groups excluding carboxylic acids is 1. The van der Waals surface area contributed by atoms with Crippen molar-refractivity contribution in [2.24, 2.45) is 5.73 Å². The molecule has 0 radical (unpaired) electrons. The van der Waals surface area contributed by atoms with Crippen LogP contribution in [0.3, 0.4) is 0 Å². The molecule has 1 aromatic carbocycles. The van der Waals surface area contributed by atoms with E-state index < -0.39 is 0 Å². The van der Waals surface area contributed by atoms with E-state index in [9.17, 15) is 4.79 Å². The first-order chi connectivity index (χ1) is 8.79. The Morgan fingerprint density at radius 3 is 3.11 bits per heavy atom. The summed E-state index contributed by atoms with van der Waals surface area (Å²) >= 11 is 0. The van der Waals surface area contributed by atoms with Gasteiger partial charge in [0.05, 0.1) is 5.52 Å². The molecule has 2 rings (SSSR count). The third-order valence-electron chi connectivity index (χ3n) is 2.41. The second-order valence-corrected chi connectivity index (χ2v) is 3.79. The van der Waals surface area contributed by atoms with E-state index in [2.05, 4.69) is 10.3 Å². The van der Waals surface area contributed by atoms with Gasteiger partial charge >= 0.3 is 0 Å². The number of nitrogens with one attached hydrogen (secondary N) is 1.